The fourth-order valence-corrected chi connectivity index (χ4v) is 12.3. The van der Waals surface area contributed by atoms with Crippen LogP contribution in [0.3, 0.4) is 0 Å². The second kappa shape index (κ2) is 72.1. The van der Waals surface area contributed by atoms with Crippen LogP contribution in [0.1, 0.15) is 438 Å². The first-order valence-electron chi connectivity index (χ1n) is 38.0. The maximum absolute atomic E-state index is 12.5. The maximum Gasteiger partial charge on any atom is 0.305 e. The first-order valence-corrected chi connectivity index (χ1v) is 38.0. The molecule has 0 saturated carbocycles. The van der Waals surface area contributed by atoms with E-state index >= 15 is 0 Å². The molecule has 0 bridgehead atoms. The zero-order chi connectivity index (χ0) is 59.2. The van der Waals surface area contributed by atoms with Gasteiger partial charge in [0.05, 0.1) is 25.4 Å². The number of rotatable bonds is 72. The van der Waals surface area contributed by atoms with Crippen LogP contribution in [0.2, 0.25) is 0 Å². The zero-order valence-electron chi connectivity index (χ0n) is 56.0. The summed E-state index contributed by atoms with van der Waals surface area (Å²) in [6, 6.07) is -0.622. The zero-order valence-corrected chi connectivity index (χ0v) is 56.0. The van der Waals surface area contributed by atoms with Gasteiger partial charge in [-0.3, -0.25) is 9.59 Å². The number of ether oxygens (including phenoxy) is 1. The third-order valence-electron chi connectivity index (χ3n) is 18.1. The molecule has 6 heteroatoms. The second-order valence-corrected chi connectivity index (χ2v) is 26.4. The summed E-state index contributed by atoms with van der Waals surface area (Å²) in [5.74, 6) is -0.0330. The average Bonchev–Trinajstić information content (AvgIpc) is 3.48. The number of allylic oxidation sites excluding steroid dienone is 1. The molecule has 6 nitrogen and oxygen atoms in total. The minimum atomic E-state index is -0.839. The number of esters is 1. The van der Waals surface area contributed by atoms with Gasteiger partial charge in [0.15, 0.2) is 0 Å². The van der Waals surface area contributed by atoms with E-state index in [0.29, 0.717) is 19.4 Å². The van der Waals surface area contributed by atoms with Crippen molar-refractivity contribution in [1.82, 2.24) is 5.32 Å². The number of carbonyl (C=O) groups is 2. The summed E-state index contributed by atoms with van der Waals surface area (Å²) in [5.41, 5.74) is 0. The minimum Gasteiger partial charge on any atom is -0.466 e. The van der Waals surface area contributed by atoms with Crippen LogP contribution in [-0.4, -0.2) is 47.4 Å². The number of hydrogen-bond acceptors (Lipinski definition) is 5. The number of hydrogen-bond donors (Lipinski definition) is 3. The highest BCUT2D eigenvalue weighted by Crippen LogP contribution is 2.20. The Morgan fingerprint density at radius 1 is 0.329 bits per heavy atom. The number of aliphatic hydroxyl groups excluding tert-OH is 2. The Morgan fingerprint density at radius 3 is 0.829 bits per heavy atom. The first kappa shape index (κ1) is 80.6. The highest BCUT2D eigenvalue weighted by Gasteiger charge is 2.18. The summed E-state index contributed by atoms with van der Waals surface area (Å²) in [4.78, 5) is 24.6. The molecule has 1 amide bonds. The van der Waals surface area contributed by atoms with Gasteiger partial charge in [-0.25, -0.2) is 0 Å². The van der Waals surface area contributed by atoms with E-state index in [9.17, 15) is 19.8 Å². The van der Waals surface area contributed by atoms with Crippen LogP contribution in [0.5, 0.6) is 0 Å². The van der Waals surface area contributed by atoms with E-state index in [1.54, 1.807) is 6.08 Å². The molecule has 0 aromatic rings. The van der Waals surface area contributed by atoms with Gasteiger partial charge in [-0.15, -0.1) is 0 Å². The molecular formula is C76H149NO5. The van der Waals surface area contributed by atoms with Crippen molar-refractivity contribution in [2.24, 2.45) is 0 Å². The van der Waals surface area contributed by atoms with E-state index in [2.05, 4.69) is 19.2 Å². The van der Waals surface area contributed by atoms with Crippen LogP contribution in [-0.2, 0) is 14.3 Å². The largest absolute Gasteiger partial charge is 0.466 e. The van der Waals surface area contributed by atoms with E-state index in [4.69, 9.17) is 4.74 Å². The van der Waals surface area contributed by atoms with Crippen molar-refractivity contribution in [2.45, 2.75) is 450 Å². The average molecular weight is 1160 g/mol. The predicted molar refractivity (Wildman–Crippen MR) is 361 cm³/mol. The lowest BCUT2D eigenvalue weighted by atomic mass is 10.0. The fraction of sp³-hybridized carbons (Fsp3) is 0.947. The smallest absolute Gasteiger partial charge is 0.305 e. The topological polar surface area (TPSA) is 95.9 Å². The van der Waals surface area contributed by atoms with Crippen molar-refractivity contribution < 1.29 is 24.5 Å². The fourth-order valence-electron chi connectivity index (χ4n) is 12.3. The summed E-state index contributed by atoms with van der Waals surface area (Å²) in [5, 5.41) is 23.2. The number of carbonyl (C=O) groups excluding carboxylic acids is 2. The van der Waals surface area contributed by atoms with Gasteiger partial charge in [-0.1, -0.05) is 405 Å². The molecule has 0 heterocycles. The number of nitrogens with one attached hydrogen (secondary N) is 1. The van der Waals surface area contributed by atoms with Crippen molar-refractivity contribution in [1.29, 1.82) is 0 Å². The van der Waals surface area contributed by atoms with E-state index < -0.39 is 12.1 Å². The molecule has 2 unspecified atom stereocenters. The van der Waals surface area contributed by atoms with Crippen molar-refractivity contribution in [2.75, 3.05) is 13.2 Å². The Balaban J connectivity index is 3.29. The molecule has 0 saturated heterocycles. The first-order chi connectivity index (χ1) is 40.5. The SMILES string of the molecule is CCCCCCCCCCCCCC/C=C/C(O)C(CO)NC(=O)CCCCCCCCCCCCCCCCCCCCCCCCCCCCCCCCCCCCCCCOC(=O)CCCCCCCCCCCCCCCC. The van der Waals surface area contributed by atoms with Crippen LogP contribution >= 0.6 is 0 Å². The molecule has 0 fully saturated rings. The Kier molecular flexibility index (Phi) is 70.8. The van der Waals surface area contributed by atoms with Gasteiger partial charge in [-0.2, -0.15) is 0 Å². The van der Waals surface area contributed by atoms with Gasteiger partial charge in [0.2, 0.25) is 5.91 Å². The van der Waals surface area contributed by atoms with E-state index in [1.165, 1.54) is 372 Å². The Hall–Kier alpha value is -1.40. The minimum absolute atomic E-state index is 0.0264. The molecule has 3 N–H and O–H groups in total. The van der Waals surface area contributed by atoms with Crippen molar-refractivity contribution in [3.05, 3.63) is 12.2 Å². The molecule has 0 aliphatic carbocycles. The lowest BCUT2D eigenvalue weighted by Gasteiger charge is -2.20. The third-order valence-corrected chi connectivity index (χ3v) is 18.1. The van der Waals surface area contributed by atoms with Crippen LogP contribution in [0.15, 0.2) is 12.2 Å². The van der Waals surface area contributed by atoms with Crippen LogP contribution < -0.4 is 5.32 Å². The van der Waals surface area contributed by atoms with Crippen molar-refractivity contribution in [3.63, 3.8) is 0 Å². The lowest BCUT2D eigenvalue weighted by molar-refractivity contribution is -0.143. The summed E-state index contributed by atoms with van der Waals surface area (Å²) in [7, 11) is 0. The van der Waals surface area contributed by atoms with Gasteiger partial charge >= 0.3 is 5.97 Å². The molecule has 0 rings (SSSR count). The maximum atomic E-state index is 12.5. The number of unbranched alkanes of at least 4 members (excludes halogenated alkanes) is 61. The molecule has 0 aromatic heterocycles. The molecular weight excluding hydrogens is 1010 g/mol. The van der Waals surface area contributed by atoms with Crippen LogP contribution in [0.4, 0.5) is 0 Å². The molecule has 0 aliphatic rings. The Bertz CT molecular complexity index is 1240. The molecule has 82 heavy (non-hydrogen) atoms. The van der Waals surface area contributed by atoms with E-state index in [1.807, 2.05) is 6.08 Å². The van der Waals surface area contributed by atoms with Crippen LogP contribution in [0.25, 0.3) is 0 Å². The van der Waals surface area contributed by atoms with Crippen LogP contribution in [0, 0.1) is 0 Å². The summed E-state index contributed by atoms with van der Waals surface area (Å²) >= 11 is 0. The molecule has 0 aliphatic heterocycles. The van der Waals surface area contributed by atoms with Gasteiger partial charge in [-0.05, 0) is 32.1 Å². The highest BCUT2D eigenvalue weighted by atomic mass is 16.5. The van der Waals surface area contributed by atoms with Crippen molar-refractivity contribution in [3.8, 4) is 0 Å². The standard InChI is InChI=1S/C76H149NO5/c1-3-5-7-9-11-13-15-17-44-48-52-56-60-64-68-74(79)73(72-78)77-75(80)69-65-61-57-53-49-45-42-40-38-36-34-32-30-28-26-24-22-20-19-21-23-25-27-29-31-33-35-37-39-41-43-47-51-55-59-63-67-71-82-76(81)70-66-62-58-54-50-46-18-16-14-12-10-8-6-4-2/h64,68,73-74,78-79H,3-63,65-67,69-72H2,1-2H3,(H,77,80)/b68-64+. The van der Waals surface area contributed by atoms with Gasteiger partial charge in [0, 0.05) is 12.8 Å². The van der Waals surface area contributed by atoms with Gasteiger partial charge in [0.25, 0.3) is 0 Å². The van der Waals surface area contributed by atoms with E-state index in [0.717, 1.165) is 38.5 Å². The molecule has 2 atom stereocenters. The lowest BCUT2D eigenvalue weighted by Crippen LogP contribution is -2.45. The normalized spacial score (nSPS) is 12.5. The summed E-state index contributed by atoms with van der Waals surface area (Å²) in [6.45, 7) is 4.95. The number of aliphatic hydroxyl groups is 2. The van der Waals surface area contributed by atoms with Crippen molar-refractivity contribution >= 4 is 11.9 Å². The monoisotopic (exact) mass is 1160 g/mol. The third kappa shape index (κ3) is 67.7. The number of amides is 1. The quantitative estimate of drug-likeness (QED) is 0.0320. The highest BCUT2D eigenvalue weighted by molar-refractivity contribution is 5.76. The molecule has 488 valence electrons. The Labute approximate surface area is 514 Å². The molecule has 0 radical (unpaired) electrons. The summed E-state index contributed by atoms with van der Waals surface area (Å²) in [6.07, 6.45) is 90.5. The summed E-state index contributed by atoms with van der Waals surface area (Å²) < 4.78 is 5.50. The second-order valence-electron chi connectivity index (χ2n) is 26.4. The Morgan fingerprint density at radius 2 is 0.561 bits per heavy atom. The predicted octanol–water partition coefficient (Wildman–Crippen LogP) is 24.7. The molecule has 0 aromatic carbocycles. The van der Waals surface area contributed by atoms with Gasteiger partial charge in [0.1, 0.15) is 0 Å². The molecule has 0 spiro atoms. The van der Waals surface area contributed by atoms with Gasteiger partial charge < -0.3 is 20.3 Å². The van der Waals surface area contributed by atoms with E-state index in [-0.39, 0.29) is 18.5 Å².